The van der Waals surface area contributed by atoms with Gasteiger partial charge in [0.25, 0.3) is 17.4 Å². The normalized spacial score (nSPS) is 10.7. The number of benzene rings is 2. The van der Waals surface area contributed by atoms with Crippen molar-refractivity contribution >= 4 is 28.4 Å². The molecule has 0 unspecified atom stereocenters. The summed E-state index contributed by atoms with van der Waals surface area (Å²) in [6, 6.07) is 11.1. The summed E-state index contributed by atoms with van der Waals surface area (Å²) in [6.07, 6.45) is 0.850. The number of carbonyl (C=O) groups is 2. The number of amides is 2. The lowest BCUT2D eigenvalue weighted by atomic mass is 10.1. The number of hydrogen-bond acceptors (Lipinski definition) is 4. The molecule has 0 aliphatic carbocycles. The lowest BCUT2D eigenvalue weighted by molar-refractivity contribution is 0.0953. The Morgan fingerprint density at radius 3 is 2.31 bits per heavy atom. The van der Waals surface area contributed by atoms with E-state index in [2.05, 4.69) is 15.6 Å². The van der Waals surface area contributed by atoms with E-state index >= 15 is 0 Å². The second-order valence-corrected chi connectivity index (χ2v) is 6.53. The van der Waals surface area contributed by atoms with Crippen LogP contribution >= 0.6 is 0 Å². The highest BCUT2D eigenvalue weighted by Crippen LogP contribution is 2.14. The third-order valence-electron chi connectivity index (χ3n) is 4.50. The first-order valence-corrected chi connectivity index (χ1v) is 9.41. The standard InChI is InChI=1S/C21H22N4O4/c1-3-11-22-18(26)13-5-8-15(9-6-13)23-19(27)14-7-10-16-17(12-14)24-21(29)25(4-2)20(16)28/h5-10,12H,3-4,11H2,1-2H3,(H,22,26)(H,23,27)(H,24,29). The molecule has 1 aromatic heterocycles. The first-order valence-electron chi connectivity index (χ1n) is 9.41. The highest BCUT2D eigenvalue weighted by Gasteiger charge is 2.12. The van der Waals surface area contributed by atoms with Gasteiger partial charge in [-0.25, -0.2) is 4.79 Å². The number of carbonyl (C=O) groups excluding carboxylic acids is 2. The van der Waals surface area contributed by atoms with Crippen LogP contribution in [0.4, 0.5) is 5.69 Å². The topological polar surface area (TPSA) is 113 Å². The van der Waals surface area contributed by atoms with Crippen molar-refractivity contribution in [3.63, 3.8) is 0 Å². The molecule has 0 saturated heterocycles. The zero-order chi connectivity index (χ0) is 21.0. The van der Waals surface area contributed by atoms with E-state index in [1.165, 1.54) is 18.2 Å². The van der Waals surface area contributed by atoms with Gasteiger partial charge in [0.1, 0.15) is 0 Å². The smallest absolute Gasteiger partial charge is 0.328 e. The van der Waals surface area contributed by atoms with Gasteiger partial charge in [-0.2, -0.15) is 0 Å². The van der Waals surface area contributed by atoms with Gasteiger partial charge in [0.2, 0.25) is 0 Å². The molecular weight excluding hydrogens is 372 g/mol. The zero-order valence-corrected chi connectivity index (χ0v) is 16.2. The second kappa shape index (κ2) is 8.55. The Morgan fingerprint density at radius 1 is 0.966 bits per heavy atom. The monoisotopic (exact) mass is 394 g/mol. The Morgan fingerprint density at radius 2 is 1.66 bits per heavy atom. The Kier molecular flexibility index (Phi) is 5.92. The molecule has 0 atom stereocenters. The molecule has 3 N–H and O–H groups in total. The van der Waals surface area contributed by atoms with Crippen molar-refractivity contribution in [2.45, 2.75) is 26.8 Å². The minimum atomic E-state index is -0.514. The molecule has 3 rings (SSSR count). The third kappa shape index (κ3) is 4.26. The van der Waals surface area contributed by atoms with Crippen LogP contribution in [-0.2, 0) is 6.54 Å². The van der Waals surface area contributed by atoms with E-state index in [0.717, 1.165) is 11.0 Å². The van der Waals surface area contributed by atoms with E-state index < -0.39 is 17.2 Å². The largest absolute Gasteiger partial charge is 0.352 e. The number of rotatable bonds is 6. The number of fused-ring (bicyclic) bond motifs is 1. The fraction of sp³-hybridized carbons (Fsp3) is 0.238. The fourth-order valence-corrected chi connectivity index (χ4v) is 2.93. The molecule has 150 valence electrons. The molecule has 0 aliphatic heterocycles. The van der Waals surface area contributed by atoms with Gasteiger partial charge in [0, 0.05) is 29.9 Å². The summed E-state index contributed by atoms with van der Waals surface area (Å²) in [5.74, 6) is -0.559. The van der Waals surface area contributed by atoms with Crippen molar-refractivity contribution in [3.8, 4) is 0 Å². The Hall–Kier alpha value is -3.68. The maximum atomic E-state index is 12.5. The van der Waals surface area contributed by atoms with Crippen LogP contribution in [0.15, 0.2) is 52.1 Å². The van der Waals surface area contributed by atoms with Crippen molar-refractivity contribution in [1.29, 1.82) is 0 Å². The van der Waals surface area contributed by atoms with Crippen LogP contribution in [0, 0.1) is 0 Å². The van der Waals surface area contributed by atoms with E-state index in [-0.39, 0.29) is 12.5 Å². The van der Waals surface area contributed by atoms with Gasteiger partial charge in [-0.15, -0.1) is 0 Å². The minimum absolute atomic E-state index is 0.166. The van der Waals surface area contributed by atoms with Gasteiger partial charge in [0.15, 0.2) is 0 Å². The van der Waals surface area contributed by atoms with E-state index in [1.807, 2.05) is 6.92 Å². The van der Waals surface area contributed by atoms with Gasteiger partial charge in [-0.1, -0.05) is 6.92 Å². The first-order chi connectivity index (χ1) is 13.9. The molecule has 2 aromatic carbocycles. The van der Waals surface area contributed by atoms with Gasteiger partial charge < -0.3 is 15.6 Å². The molecule has 0 radical (unpaired) electrons. The van der Waals surface area contributed by atoms with Crippen LogP contribution < -0.4 is 21.9 Å². The molecule has 2 amide bonds. The van der Waals surface area contributed by atoms with Crippen LogP contribution in [0.1, 0.15) is 41.0 Å². The number of aromatic nitrogens is 2. The van der Waals surface area contributed by atoms with Crippen LogP contribution in [0.2, 0.25) is 0 Å². The lowest BCUT2D eigenvalue weighted by Crippen LogP contribution is -2.34. The molecule has 0 saturated carbocycles. The molecule has 1 heterocycles. The molecule has 0 spiro atoms. The molecule has 29 heavy (non-hydrogen) atoms. The highest BCUT2D eigenvalue weighted by molar-refractivity contribution is 6.06. The summed E-state index contributed by atoms with van der Waals surface area (Å²) in [7, 11) is 0. The summed E-state index contributed by atoms with van der Waals surface area (Å²) in [4.78, 5) is 51.4. The average Bonchev–Trinajstić information content (AvgIpc) is 2.72. The second-order valence-electron chi connectivity index (χ2n) is 6.53. The number of nitrogens with zero attached hydrogens (tertiary/aromatic N) is 1. The molecule has 0 fully saturated rings. The number of hydrogen-bond donors (Lipinski definition) is 3. The Bertz CT molecular complexity index is 1180. The number of nitrogens with one attached hydrogen (secondary N) is 3. The first kappa shape index (κ1) is 20.1. The van der Waals surface area contributed by atoms with E-state index in [4.69, 9.17) is 0 Å². The molecule has 3 aromatic rings. The van der Waals surface area contributed by atoms with Crippen molar-refractivity contribution in [1.82, 2.24) is 14.9 Å². The highest BCUT2D eigenvalue weighted by atomic mass is 16.2. The maximum Gasteiger partial charge on any atom is 0.328 e. The van der Waals surface area contributed by atoms with Crippen LogP contribution in [0.3, 0.4) is 0 Å². The van der Waals surface area contributed by atoms with Crippen LogP contribution in [0.25, 0.3) is 10.9 Å². The molecule has 0 aliphatic rings. The number of anilines is 1. The predicted octanol–water partition coefficient (Wildman–Crippen LogP) is 2.10. The lowest BCUT2D eigenvalue weighted by Gasteiger charge is -2.08. The van der Waals surface area contributed by atoms with Crippen molar-refractivity contribution in [3.05, 3.63) is 74.4 Å². The van der Waals surface area contributed by atoms with E-state index in [1.54, 1.807) is 31.2 Å². The van der Waals surface area contributed by atoms with E-state index in [0.29, 0.717) is 34.3 Å². The van der Waals surface area contributed by atoms with E-state index in [9.17, 15) is 19.2 Å². The van der Waals surface area contributed by atoms with Crippen LogP contribution in [0.5, 0.6) is 0 Å². The maximum absolute atomic E-state index is 12.5. The summed E-state index contributed by atoms with van der Waals surface area (Å²) in [5.41, 5.74) is 0.727. The average molecular weight is 394 g/mol. The molecule has 8 heteroatoms. The summed E-state index contributed by atoms with van der Waals surface area (Å²) in [6.45, 7) is 4.55. The Balaban J connectivity index is 1.80. The SMILES string of the molecule is CCCNC(=O)c1ccc(NC(=O)c2ccc3c(=O)n(CC)c(=O)[nH]c3c2)cc1. The third-order valence-corrected chi connectivity index (χ3v) is 4.50. The fourth-order valence-electron chi connectivity index (χ4n) is 2.93. The van der Waals surface area contributed by atoms with Gasteiger partial charge in [0.05, 0.1) is 10.9 Å². The van der Waals surface area contributed by atoms with Crippen LogP contribution in [-0.4, -0.2) is 27.9 Å². The van der Waals surface area contributed by atoms with Crippen molar-refractivity contribution < 1.29 is 9.59 Å². The molecule has 0 bridgehead atoms. The summed E-state index contributed by atoms with van der Waals surface area (Å²) < 4.78 is 1.10. The number of aromatic amines is 1. The quantitative estimate of drug-likeness (QED) is 0.594. The van der Waals surface area contributed by atoms with Crippen molar-refractivity contribution in [2.75, 3.05) is 11.9 Å². The van der Waals surface area contributed by atoms with Gasteiger partial charge in [-0.05, 0) is 55.8 Å². The molecule has 8 nitrogen and oxygen atoms in total. The minimum Gasteiger partial charge on any atom is -0.352 e. The summed E-state index contributed by atoms with van der Waals surface area (Å²) >= 11 is 0. The Labute approximate surface area is 166 Å². The van der Waals surface area contributed by atoms with Gasteiger partial charge in [-0.3, -0.25) is 19.0 Å². The zero-order valence-electron chi connectivity index (χ0n) is 16.2. The number of H-pyrrole nitrogens is 1. The van der Waals surface area contributed by atoms with Gasteiger partial charge >= 0.3 is 5.69 Å². The molecular formula is C21H22N4O4. The van der Waals surface area contributed by atoms with Crippen molar-refractivity contribution in [2.24, 2.45) is 0 Å². The predicted molar refractivity (Wildman–Crippen MR) is 112 cm³/mol. The summed E-state index contributed by atoms with van der Waals surface area (Å²) in [5, 5.41) is 5.86.